The number of aromatic nitrogens is 4. The highest BCUT2D eigenvalue weighted by molar-refractivity contribution is 5.87. The Morgan fingerprint density at radius 2 is 1.86 bits per heavy atom. The first-order valence-corrected chi connectivity index (χ1v) is 15.4. The van der Waals surface area contributed by atoms with Gasteiger partial charge in [-0.05, 0) is 74.7 Å². The molecule has 2 aliphatic heterocycles. The standard InChI is InChI=1S/C33H39FN8O2/c1-5-29(43)41-12-6-7-25(20-41)42-31-26(22(3)30(32(42)44)23-10-11-35-28(34)18-23)19-36-33(38-31)37-24-8-9-27(21(2)17-24)40-15-13-39(4)14-16-40/h8-11,17-19,25H,5-7,12-16,20H2,1-4H3,(H,36,37,38)/t25-/m0/s1. The summed E-state index contributed by atoms with van der Waals surface area (Å²) in [5.74, 6) is -0.227. The number of nitrogens with zero attached hydrogens (tertiary/aromatic N) is 7. The molecule has 10 nitrogen and oxygen atoms in total. The van der Waals surface area contributed by atoms with Crippen molar-refractivity contribution in [2.24, 2.45) is 0 Å². The van der Waals surface area contributed by atoms with Gasteiger partial charge < -0.3 is 20.0 Å². The summed E-state index contributed by atoms with van der Waals surface area (Å²) in [6.45, 7) is 10.9. The number of nitrogens with one attached hydrogen (secondary N) is 1. The number of likely N-dealkylation sites (tertiary alicyclic amines) is 1. The molecule has 6 rings (SSSR count). The number of hydrogen-bond donors (Lipinski definition) is 1. The van der Waals surface area contributed by atoms with E-state index >= 15 is 0 Å². The SMILES string of the molecule is CCC(=O)N1CCC[C@H](n2c(=O)c(-c3ccnc(F)c3)c(C)c3cnc(Nc4ccc(N5CCN(C)CC5)c(C)c4)nc32)C1. The van der Waals surface area contributed by atoms with E-state index in [0.29, 0.717) is 53.2 Å². The first-order chi connectivity index (χ1) is 21.2. The lowest BCUT2D eigenvalue weighted by Gasteiger charge is -2.35. The van der Waals surface area contributed by atoms with Gasteiger partial charge in [-0.15, -0.1) is 0 Å². The van der Waals surface area contributed by atoms with Crippen molar-refractivity contribution in [3.63, 3.8) is 0 Å². The number of piperazine rings is 1. The number of anilines is 3. The van der Waals surface area contributed by atoms with Crippen LogP contribution >= 0.6 is 0 Å². The molecule has 0 spiro atoms. The third-order valence-electron chi connectivity index (χ3n) is 8.94. The van der Waals surface area contributed by atoms with E-state index in [1.165, 1.54) is 18.0 Å². The van der Waals surface area contributed by atoms with Crippen LogP contribution in [0, 0.1) is 19.8 Å². The van der Waals surface area contributed by atoms with Crippen LogP contribution in [0.4, 0.5) is 21.7 Å². The number of carbonyl (C=O) groups excluding carboxylic acids is 1. The molecule has 11 heteroatoms. The lowest BCUT2D eigenvalue weighted by molar-refractivity contribution is -0.132. The fraction of sp³-hybridized carbons (Fsp3) is 0.424. The Balaban J connectivity index is 1.41. The van der Waals surface area contributed by atoms with E-state index in [9.17, 15) is 14.0 Å². The van der Waals surface area contributed by atoms with Gasteiger partial charge >= 0.3 is 0 Å². The maximum atomic E-state index is 14.3. The van der Waals surface area contributed by atoms with Gasteiger partial charge in [0.05, 0.1) is 11.6 Å². The maximum Gasteiger partial charge on any atom is 0.260 e. The minimum atomic E-state index is -0.657. The topological polar surface area (TPSA) is 99.5 Å². The second kappa shape index (κ2) is 12.3. The molecule has 0 saturated carbocycles. The van der Waals surface area contributed by atoms with Gasteiger partial charge in [0.1, 0.15) is 5.65 Å². The molecule has 1 amide bonds. The summed E-state index contributed by atoms with van der Waals surface area (Å²) in [4.78, 5) is 46.7. The molecule has 0 unspecified atom stereocenters. The highest BCUT2D eigenvalue weighted by atomic mass is 19.1. The molecule has 2 saturated heterocycles. The Hall–Kier alpha value is -4.38. The molecule has 0 radical (unpaired) electrons. The summed E-state index contributed by atoms with van der Waals surface area (Å²) in [5.41, 5.74) is 4.96. The molecule has 0 bridgehead atoms. The van der Waals surface area contributed by atoms with Crippen LogP contribution in [0.5, 0.6) is 0 Å². The van der Waals surface area contributed by atoms with Crippen LogP contribution in [0.3, 0.4) is 0 Å². The zero-order valence-electron chi connectivity index (χ0n) is 25.8. The monoisotopic (exact) mass is 598 g/mol. The van der Waals surface area contributed by atoms with Crippen molar-refractivity contribution in [2.75, 3.05) is 56.5 Å². The number of amides is 1. The first kappa shape index (κ1) is 29.7. The Bertz CT molecular complexity index is 1770. The fourth-order valence-electron chi connectivity index (χ4n) is 6.51. The second-order valence-corrected chi connectivity index (χ2v) is 11.9. The van der Waals surface area contributed by atoms with Gasteiger partial charge in [0.15, 0.2) is 0 Å². The van der Waals surface area contributed by atoms with Crippen LogP contribution in [-0.4, -0.2) is 81.5 Å². The van der Waals surface area contributed by atoms with E-state index in [0.717, 1.165) is 50.3 Å². The zero-order valence-corrected chi connectivity index (χ0v) is 25.8. The van der Waals surface area contributed by atoms with Crippen molar-refractivity contribution in [2.45, 2.75) is 46.1 Å². The molecule has 1 aromatic carbocycles. The number of carbonyl (C=O) groups is 1. The predicted molar refractivity (Wildman–Crippen MR) is 171 cm³/mol. The molecule has 4 aromatic rings. The minimum absolute atomic E-state index is 0.0583. The number of pyridine rings is 2. The Labute approximate surface area is 256 Å². The average Bonchev–Trinajstić information content (AvgIpc) is 3.01. The van der Waals surface area contributed by atoms with Crippen molar-refractivity contribution < 1.29 is 9.18 Å². The van der Waals surface area contributed by atoms with E-state index in [1.807, 2.05) is 24.8 Å². The molecule has 0 aliphatic carbocycles. The predicted octanol–water partition coefficient (Wildman–Crippen LogP) is 4.68. The Kier molecular flexibility index (Phi) is 8.31. The van der Waals surface area contributed by atoms with Crippen LogP contribution in [0.25, 0.3) is 22.2 Å². The van der Waals surface area contributed by atoms with Crippen molar-refractivity contribution in [3.05, 3.63) is 70.2 Å². The molecular formula is C33H39FN8O2. The molecule has 3 aromatic heterocycles. The molecular weight excluding hydrogens is 559 g/mol. The molecule has 1 N–H and O–H groups in total. The van der Waals surface area contributed by atoms with Gasteiger partial charge in [-0.1, -0.05) is 6.92 Å². The van der Waals surface area contributed by atoms with E-state index < -0.39 is 5.95 Å². The van der Waals surface area contributed by atoms with Gasteiger partial charge in [-0.2, -0.15) is 9.37 Å². The van der Waals surface area contributed by atoms with E-state index in [-0.39, 0.29) is 17.5 Å². The van der Waals surface area contributed by atoms with Crippen LogP contribution in [-0.2, 0) is 4.79 Å². The number of halogens is 1. The first-order valence-electron chi connectivity index (χ1n) is 15.4. The summed E-state index contributed by atoms with van der Waals surface area (Å²) in [6.07, 6.45) is 4.98. The van der Waals surface area contributed by atoms with E-state index in [1.54, 1.807) is 16.8 Å². The number of likely N-dealkylation sites (N-methyl/N-ethyl adjacent to an activating group) is 1. The van der Waals surface area contributed by atoms with Crippen LogP contribution in [0.2, 0.25) is 0 Å². The van der Waals surface area contributed by atoms with Gasteiger partial charge in [0, 0.05) is 80.9 Å². The fourth-order valence-corrected chi connectivity index (χ4v) is 6.51. The van der Waals surface area contributed by atoms with Gasteiger partial charge in [0.25, 0.3) is 5.56 Å². The molecule has 1 atom stereocenters. The number of hydrogen-bond acceptors (Lipinski definition) is 8. The van der Waals surface area contributed by atoms with E-state index in [4.69, 9.17) is 4.98 Å². The quantitative estimate of drug-likeness (QED) is 0.320. The van der Waals surface area contributed by atoms with E-state index in [2.05, 4.69) is 51.2 Å². The van der Waals surface area contributed by atoms with Crippen molar-refractivity contribution in [3.8, 4) is 11.1 Å². The van der Waals surface area contributed by atoms with Crippen molar-refractivity contribution in [1.29, 1.82) is 0 Å². The summed E-state index contributed by atoms with van der Waals surface area (Å²) < 4.78 is 15.9. The smallest absolute Gasteiger partial charge is 0.260 e. The molecule has 2 aliphatic rings. The lowest BCUT2D eigenvalue weighted by Crippen LogP contribution is -2.44. The highest BCUT2D eigenvalue weighted by Crippen LogP contribution is 2.32. The summed E-state index contributed by atoms with van der Waals surface area (Å²) >= 11 is 0. The van der Waals surface area contributed by atoms with Crippen molar-refractivity contribution >= 4 is 34.3 Å². The number of aryl methyl sites for hydroxylation is 2. The number of piperidine rings is 1. The van der Waals surface area contributed by atoms with Gasteiger partial charge in [-0.3, -0.25) is 14.2 Å². The summed E-state index contributed by atoms with van der Waals surface area (Å²) in [7, 11) is 2.15. The third-order valence-corrected chi connectivity index (χ3v) is 8.94. The van der Waals surface area contributed by atoms with Gasteiger partial charge in [0.2, 0.25) is 17.8 Å². The highest BCUT2D eigenvalue weighted by Gasteiger charge is 2.29. The third kappa shape index (κ3) is 5.76. The molecule has 5 heterocycles. The zero-order chi connectivity index (χ0) is 31.0. The summed E-state index contributed by atoms with van der Waals surface area (Å²) in [5, 5.41) is 4.04. The van der Waals surface area contributed by atoms with Crippen LogP contribution < -0.4 is 15.8 Å². The number of benzene rings is 1. The Morgan fingerprint density at radius 3 is 2.59 bits per heavy atom. The Morgan fingerprint density at radius 1 is 1.07 bits per heavy atom. The number of rotatable bonds is 6. The number of fused-ring (bicyclic) bond motifs is 1. The normalized spacial score (nSPS) is 17.7. The van der Waals surface area contributed by atoms with Crippen LogP contribution in [0.15, 0.2) is 47.5 Å². The van der Waals surface area contributed by atoms with Gasteiger partial charge in [-0.25, -0.2) is 9.97 Å². The summed E-state index contributed by atoms with van der Waals surface area (Å²) in [6, 6.07) is 8.89. The average molecular weight is 599 g/mol. The second-order valence-electron chi connectivity index (χ2n) is 11.9. The van der Waals surface area contributed by atoms with Crippen molar-refractivity contribution in [1.82, 2.24) is 29.3 Å². The van der Waals surface area contributed by atoms with Crippen LogP contribution in [0.1, 0.15) is 43.4 Å². The molecule has 230 valence electrons. The molecule has 44 heavy (non-hydrogen) atoms. The lowest BCUT2D eigenvalue weighted by atomic mass is 9.98. The minimum Gasteiger partial charge on any atom is -0.369 e. The molecule has 2 fully saturated rings. The largest absolute Gasteiger partial charge is 0.369 e. The maximum absolute atomic E-state index is 14.3.